The number of imide groups is 1. The zero-order valence-electron chi connectivity index (χ0n) is 38.8. The smallest absolute Gasteiger partial charge is 0.234 e. The van der Waals surface area contributed by atoms with E-state index in [0.717, 1.165) is 88.3 Å². The molecule has 3 N–H and O–H groups in total. The average Bonchev–Trinajstić information content (AvgIpc) is 3.31. The lowest BCUT2D eigenvalue weighted by atomic mass is 9.78. The zero-order chi connectivity index (χ0) is 47.0. The van der Waals surface area contributed by atoms with E-state index in [1.807, 2.05) is 36.4 Å². The number of amides is 3. The van der Waals surface area contributed by atoms with Gasteiger partial charge in [0.15, 0.2) is 0 Å². The number of hydrogen-bond acceptors (Lipinski definition) is 14. The number of carbonyl (C=O) groups excluding carboxylic acids is 3. The first kappa shape index (κ1) is 46.5. The second-order valence-electron chi connectivity index (χ2n) is 18.5. The Labute approximate surface area is 400 Å². The van der Waals surface area contributed by atoms with Crippen LogP contribution in [0.15, 0.2) is 71.6 Å². The van der Waals surface area contributed by atoms with E-state index in [9.17, 15) is 18.9 Å². The van der Waals surface area contributed by atoms with E-state index in [1.54, 1.807) is 39.0 Å². The van der Waals surface area contributed by atoms with Crippen molar-refractivity contribution in [2.75, 3.05) is 87.2 Å². The number of anilines is 6. The van der Waals surface area contributed by atoms with Crippen LogP contribution in [0.4, 0.5) is 34.5 Å². The third-order valence-corrected chi connectivity index (χ3v) is 16.2. The molecular formula is C49H59BrN11O5P. The summed E-state index contributed by atoms with van der Waals surface area (Å²) >= 11 is 3.60. The molecule has 16 nitrogen and oxygen atoms in total. The number of benzene rings is 3. The van der Waals surface area contributed by atoms with Crippen LogP contribution < -0.4 is 35.8 Å². The van der Waals surface area contributed by atoms with E-state index in [0.29, 0.717) is 68.9 Å². The number of nitrogens with zero attached hydrogens (tertiary/aromatic N) is 8. The fraction of sp³-hybridized carbons (Fsp3) is 0.449. The molecule has 0 radical (unpaired) electrons. The van der Waals surface area contributed by atoms with Gasteiger partial charge in [0.2, 0.25) is 23.7 Å². The van der Waals surface area contributed by atoms with Crippen molar-refractivity contribution < 1.29 is 23.7 Å². The summed E-state index contributed by atoms with van der Waals surface area (Å²) in [7, 11) is 0.977. The number of ether oxygens (including phenoxy) is 1. The highest BCUT2D eigenvalue weighted by atomic mass is 79.9. The summed E-state index contributed by atoms with van der Waals surface area (Å²) in [5, 5.41) is 9.84. The molecule has 67 heavy (non-hydrogen) atoms. The van der Waals surface area contributed by atoms with Gasteiger partial charge in [-0.05, 0) is 109 Å². The van der Waals surface area contributed by atoms with Crippen molar-refractivity contribution in [1.82, 2.24) is 35.1 Å². The lowest BCUT2D eigenvalue weighted by Gasteiger charge is -2.46. The summed E-state index contributed by atoms with van der Waals surface area (Å²) in [4.78, 5) is 65.3. The van der Waals surface area contributed by atoms with Crippen LogP contribution in [0.1, 0.15) is 62.5 Å². The Kier molecular flexibility index (Phi) is 13.5. The van der Waals surface area contributed by atoms with Gasteiger partial charge in [-0.3, -0.25) is 34.6 Å². The van der Waals surface area contributed by atoms with E-state index in [1.165, 1.54) is 11.3 Å². The number of piperidine rings is 2. The summed E-state index contributed by atoms with van der Waals surface area (Å²) in [6.45, 7) is 10.8. The molecule has 0 spiro atoms. The molecule has 1 aliphatic carbocycles. The van der Waals surface area contributed by atoms with E-state index in [-0.39, 0.29) is 29.6 Å². The van der Waals surface area contributed by atoms with E-state index in [4.69, 9.17) is 9.72 Å². The maximum atomic E-state index is 13.6. The number of fused-ring (bicyclic) bond motifs is 1. The summed E-state index contributed by atoms with van der Waals surface area (Å²) in [6, 6.07) is 16.8. The first-order chi connectivity index (χ1) is 32.3. The van der Waals surface area contributed by atoms with Crippen LogP contribution in [0, 0.1) is 5.92 Å². The zero-order valence-corrected chi connectivity index (χ0v) is 41.3. The number of halogens is 1. The van der Waals surface area contributed by atoms with E-state index < -0.39 is 7.14 Å². The quantitative estimate of drug-likeness (QED) is 0.0809. The lowest BCUT2D eigenvalue weighted by molar-refractivity contribution is -0.141. The van der Waals surface area contributed by atoms with Crippen molar-refractivity contribution in [2.45, 2.75) is 69.9 Å². The van der Waals surface area contributed by atoms with Crippen LogP contribution in [-0.4, -0.2) is 126 Å². The number of aryl methyl sites for hydroxylation is 1. The Hall–Kier alpha value is -5.64. The van der Waals surface area contributed by atoms with Crippen molar-refractivity contribution in [3.05, 3.63) is 82.7 Å². The van der Waals surface area contributed by atoms with Crippen LogP contribution in [0.3, 0.4) is 0 Å². The maximum Gasteiger partial charge on any atom is 0.234 e. The summed E-state index contributed by atoms with van der Waals surface area (Å²) < 4.78 is 20.1. The lowest BCUT2D eigenvalue weighted by Crippen LogP contribution is -2.57. The van der Waals surface area contributed by atoms with Crippen molar-refractivity contribution in [3.63, 3.8) is 0 Å². The Morgan fingerprint density at radius 3 is 2.34 bits per heavy atom. The first-order valence-corrected chi connectivity index (χ1v) is 26.7. The number of piperazine rings is 1. The van der Waals surface area contributed by atoms with Crippen molar-refractivity contribution in [2.24, 2.45) is 5.92 Å². The van der Waals surface area contributed by atoms with Gasteiger partial charge in [0.05, 0.1) is 39.7 Å². The number of hydrogen-bond donors (Lipinski definition) is 3. The van der Waals surface area contributed by atoms with Crippen LogP contribution in [0.2, 0.25) is 0 Å². The molecule has 352 valence electrons. The Balaban J connectivity index is 0.770. The minimum atomic E-state index is -2.78. The highest BCUT2D eigenvalue weighted by Crippen LogP contribution is 2.42. The van der Waals surface area contributed by atoms with Crippen LogP contribution in [-0.2, 0) is 25.4 Å². The largest absolute Gasteiger partial charge is 0.494 e. The van der Waals surface area contributed by atoms with E-state index >= 15 is 0 Å². The number of carbonyl (C=O) groups is 3. The molecule has 3 aromatic carbocycles. The van der Waals surface area contributed by atoms with Gasteiger partial charge in [-0.25, -0.2) is 4.98 Å². The molecule has 2 aromatic heterocycles. The third kappa shape index (κ3) is 9.86. The van der Waals surface area contributed by atoms with Gasteiger partial charge in [-0.1, -0.05) is 19.1 Å². The molecule has 0 bridgehead atoms. The number of nitrogens with one attached hydrogen (secondary N) is 3. The Bertz CT molecular complexity index is 2710. The maximum absolute atomic E-state index is 13.6. The van der Waals surface area contributed by atoms with Gasteiger partial charge in [-0.15, -0.1) is 0 Å². The topological polar surface area (TPSA) is 178 Å². The predicted molar refractivity (Wildman–Crippen MR) is 267 cm³/mol. The fourth-order valence-electron chi connectivity index (χ4n) is 10.2. The molecule has 4 aliphatic rings. The third-order valence-electron chi connectivity index (χ3n) is 14.1. The second kappa shape index (κ2) is 19.5. The normalized spacial score (nSPS) is 20.6. The molecule has 3 amide bonds. The first-order valence-electron chi connectivity index (χ1n) is 23.3. The summed E-state index contributed by atoms with van der Waals surface area (Å²) in [5.41, 5.74) is 7.02. The molecule has 1 atom stereocenters. The van der Waals surface area contributed by atoms with Gasteiger partial charge in [0, 0.05) is 107 Å². The summed E-state index contributed by atoms with van der Waals surface area (Å²) in [6.07, 6.45) is 10.4. The second-order valence-corrected chi connectivity index (χ2v) is 22.5. The van der Waals surface area contributed by atoms with Crippen molar-refractivity contribution in [3.8, 4) is 5.75 Å². The highest BCUT2D eigenvalue weighted by Gasteiger charge is 2.40. The van der Waals surface area contributed by atoms with Crippen LogP contribution >= 0.6 is 23.1 Å². The molecule has 3 aliphatic heterocycles. The highest BCUT2D eigenvalue weighted by molar-refractivity contribution is 9.10. The van der Waals surface area contributed by atoms with Crippen LogP contribution in [0.25, 0.3) is 11.0 Å². The monoisotopic (exact) mass is 991 g/mol. The molecular weight excluding hydrogens is 933 g/mol. The molecule has 1 saturated carbocycles. The predicted octanol–water partition coefficient (Wildman–Crippen LogP) is 7.04. The van der Waals surface area contributed by atoms with E-state index in [2.05, 4.69) is 92.5 Å². The van der Waals surface area contributed by atoms with Crippen molar-refractivity contribution >= 4 is 91.6 Å². The molecule has 5 heterocycles. The summed E-state index contributed by atoms with van der Waals surface area (Å²) in [5.74, 6) is 1.19. The molecule has 5 aromatic rings. The Morgan fingerprint density at radius 1 is 0.925 bits per heavy atom. The van der Waals surface area contributed by atoms with Gasteiger partial charge in [0.1, 0.15) is 24.2 Å². The van der Waals surface area contributed by atoms with Crippen molar-refractivity contribution in [1.29, 1.82) is 0 Å². The number of aromatic nitrogens is 4. The minimum absolute atomic E-state index is 0.0537. The molecule has 18 heteroatoms. The van der Waals surface area contributed by atoms with Gasteiger partial charge < -0.3 is 34.6 Å². The SMILES string of the molecule is CCc1cc(Nc2ncc(Br)c(Nc3ccc4nccnc4c3P(C)(C)=O)n2)c(OC)cc1N1CCC(N2CCN(C(=O)C3CC(N(C)c4ccc(C5CCC(=O)NC5=O)cc4)C3)CC2)CC1. The minimum Gasteiger partial charge on any atom is -0.494 e. The standard InChI is InChI=1S/C49H59BrN11O5P/c1-6-30-27-40(55-49-53-29-37(50)46(57-49)54-39-13-12-38-44(52-18-17-51-38)45(39)67(4,5)65)42(66-3)28-41(30)60-19-15-34(16-20-60)59-21-23-61(24-22-59)48(64)32-25-35(26-32)58(2)33-9-7-31(8-10-33)36-11-14-43(62)56-47(36)63/h7-10,12-13,17-18,27-29,32,34-36H,6,11,14-16,19-26H2,1-5H3,(H,56,62,63)(H2,53,54,55,57). The molecule has 9 rings (SSSR count). The number of rotatable bonds is 13. The fourth-order valence-corrected chi connectivity index (χ4v) is 11.9. The molecule has 4 fully saturated rings. The molecule has 1 unspecified atom stereocenters. The Morgan fingerprint density at radius 2 is 1.66 bits per heavy atom. The van der Waals surface area contributed by atoms with Gasteiger partial charge in [0.25, 0.3) is 0 Å². The van der Waals surface area contributed by atoms with Gasteiger partial charge >= 0.3 is 0 Å². The van der Waals surface area contributed by atoms with Crippen LogP contribution in [0.5, 0.6) is 5.75 Å². The molecule has 3 saturated heterocycles. The number of methoxy groups -OCH3 is 1. The van der Waals surface area contributed by atoms with Gasteiger partial charge in [-0.2, -0.15) is 4.98 Å². The average molecular weight is 993 g/mol.